The van der Waals surface area contributed by atoms with Crippen LogP contribution in [0.4, 0.5) is 0 Å². The van der Waals surface area contributed by atoms with E-state index in [4.69, 9.17) is 14.0 Å². The van der Waals surface area contributed by atoms with E-state index in [1.54, 1.807) is 11.9 Å². The van der Waals surface area contributed by atoms with E-state index in [0.29, 0.717) is 19.4 Å². The van der Waals surface area contributed by atoms with Crippen molar-refractivity contribution in [1.82, 2.24) is 10.1 Å². The summed E-state index contributed by atoms with van der Waals surface area (Å²) >= 11 is 0. The molecule has 0 bridgehead atoms. The van der Waals surface area contributed by atoms with Gasteiger partial charge in [-0.05, 0) is 31.0 Å². The average Bonchev–Trinajstić information content (AvgIpc) is 3.12. The molecule has 0 saturated carbocycles. The number of hydrogen-bond acceptors (Lipinski definition) is 5. The first-order chi connectivity index (χ1) is 10.6. The van der Waals surface area contributed by atoms with Crippen molar-refractivity contribution in [1.29, 1.82) is 0 Å². The lowest BCUT2D eigenvalue weighted by Gasteiger charge is -2.15. The minimum Gasteiger partial charge on any atom is -0.454 e. The third-order valence-corrected chi connectivity index (χ3v) is 3.57. The van der Waals surface area contributed by atoms with Crippen molar-refractivity contribution >= 4 is 5.91 Å². The van der Waals surface area contributed by atoms with Gasteiger partial charge in [0.2, 0.25) is 12.7 Å². The molecule has 116 valence electrons. The molecule has 1 aliphatic heterocycles. The maximum atomic E-state index is 12.2. The average molecular weight is 302 g/mol. The van der Waals surface area contributed by atoms with Gasteiger partial charge in [0.15, 0.2) is 11.5 Å². The van der Waals surface area contributed by atoms with E-state index in [9.17, 15) is 4.79 Å². The Morgan fingerprint density at radius 1 is 1.27 bits per heavy atom. The van der Waals surface area contributed by atoms with E-state index in [1.807, 2.05) is 31.2 Å². The van der Waals surface area contributed by atoms with Crippen LogP contribution in [0.1, 0.15) is 23.4 Å². The summed E-state index contributed by atoms with van der Waals surface area (Å²) in [6, 6.07) is 7.60. The van der Waals surface area contributed by atoms with E-state index >= 15 is 0 Å². The molecule has 1 aromatic heterocycles. The van der Waals surface area contributed by atoms with Crippen molar-refractivity contribution in [3.63, 3.8) is 0 Å². The van der Waals surface area contributed by atoms with Gasteiger partial charge in [0, 0.05) is 19.5 Å². The summed E-state index contributed by atoms with van der Waals surface area (Å²) in [5, 5.41) is 3.90. The molecule has 0 spiro atoms. The fourth-order valence-electron chi connectivity index (χ4n) is 2.36. The second-order valence-electron chi connectivity index (χ2n) is 5.37. The Hall–Kier alpha value is -2.50. The van der Waals surface area contributed by atoms with E-state index in [0.717, 1.165) is 28.5 Å². The second-order valence-corrected chi connectivity index (χ2v) is 5.37. The maximum absolute atomic E-state index is 12.2. The van der Waals surface area contributed by atoms with Crippen molar-refractivity contribution in [3.05, 3.63) is 41.3 Å². The van der Waals surface area contributed by atoms with Crippen LogP contribution in [0.25, 0.3) is 0 Å². The number of carbonyl (C=O) groups is 1. The molecule has 0 aliphatic carbocycles. The van der Waals surface area contributed by atoms with E-state index in [1.165, 1.54) is 0 Å². The number of fused-ring (bicyclic) bond motifs is 1. The summed E-state index contributed by atoms with van der Waals surface area (Å²) in [5.74, 6) is 2.32. The first-order valence-electron chi connectivity index (χ1n) is 7.16. The highest BCUT2D eigenvalue weighted by Gasteiger charge is 2.15. The topological polar surface area (TPSA) is 64.8 Å². The molecule has 0 fully saturated rings. The molecule has 0 radical (unpaired) electrons. The zero-order chi connectivity index (χ0) is 15.5. The second kappa shape index (κ2) is 6.09. The Labute approximate surface area is 128 Å². The number of amides is 1. The van der Waals surface area contributed by atoms with Crippen LogP contribution in [0.3, 0.4) is 0 Å². The molecule has 0 unspecified atom stereocenters. The normalized spacial score (nSPS) is 12.5. The Balaban J connectivity index is 1.53. The van der Waals surface area contributed by atoms with Gasteiger partial charge in [0.1, 0.15) is 11.5 Å². The lowest BCUT2D eigenvalue weighted by Crippen LogP contribution is -2.26. The standard InChI is InChI=1S/C16H18N2O4/c1-11-7-13(17-22-11)9-18(2)16(19)6-4-12-3-5-14-15(8-12)21-10-20-14/h3,5,7-8H,4,6,9-10H2,1-2H3. The number of rotatable bonds is 5. The summed E-state index contributed by atoms with van der Waals surface area (Å²) < 4.78 is 15.6. The minimum atomic E-state index is 0.0679. The molecule has 1 amide bonds. The molecular formula is C16H18N2O4. The third-order valence-electron chi connectivity index (χ3n) is 3.57. The molecule has 6 nitrogen and oxygen atoms in total. The molecule has 3 rings (SSSR count). The van der Waals surface area contributed by atoms with Gasteiger partial charge in [-0.2, -0.15) is 0 Å². The van der Waals surface area contributed by atoms with Crippen molar-refractivity contribution < 1.29 is 18.8 Å². The number of aryl methyl sites for hydroxylation is 2. The Bertz CT molecular complexity index is 681. The van der Waals surface area contributed by atoms with Crippen molar-refractivity contribution in [2.45, 2.75) is 26.3 Å². The van der Waals surface area contributed by atoms with Crippen LogP contribution >= 0.6 is 0 Å². The fraction of sp³-hybridized carbons (Fsp3) is 0.375. The summed E-state index contributed by atoms with van der Waals surface area (Å²) in [6.07, 6.45) is 1.10. The van der Waals surface area contributed by atoms with Crippen LogP contribution in [0.2, 0.25) is 0 Å². The smallest absolute Gasteiger partial charge is 0.231 e. The zero-order valence-electron chi connectivity index (χ0n) is 12.7. The number of nitrogens with zero attached hydrogens (tertiary/aromatic N) is 2. The summed E-state index contributed by atoms with van der Waals surface area (Å²) in [7, 11) is 1.77. The van der Waals surface area contributed by atoms with Gasteiger partial charge >= 0.3 is 0 Å². The quantitative estimate of drug-likeness (QED) is 0.848. The molecule has 0 atom stereocenters. The van der Waals surface area contributed by atoms with Crippen molar-refractivity contribution in [3.8, 4) is 11.5 Å². The largest absolute Gasteiger partial charge is 0.454 e. The van der Waals surface area contributed by atoms with Crippen molar-refractivity contribution in [2.24, 2.45) is 0 Å². The molecular weight excluding hydrogens is 284 g/mol. The number of ether oxygens (including phenoxy) is 2. The summed E-state index contributed by atoms with van der Waals surface area (Å²) in [5.41, 5.74) is 1.82. The van der Waals surface area contributed by atoms with Gasteiger partial charge in [-0.25, -0.2) is 0 Å². The van der Waals surface area contributed by atoms with Gasteiger partial charge < -0.3 is 18.9 Å². The summed E-state index contributed by atoms with van der Waals surface area (Å²) in [4.78, 5) is 13.8. The first kappa shape index (κ1) is 14.4. The SMILES string of the molecule is Cc1cc(CN(C)C(=O)CCc2ccc3c(c2)OCO3)no1. The molecule has 0 saturated heterocycles. The highest BCUT2D eigenvalue weighted by Crippen LogP contribution is 2.32. The van der Waals surface area contributed by atoms with Crippen LogP contribution in [0.5, 0.6) is 11.5 Å². The molecule has 1 aliphatic rings. The highest BCUT2D eigenvalue weighted by molar-refractivity contribution is 5.76. The molecule has 1 aromatic carbocycles. The van der Waals surface area contributed by atoms with Crippen LogP contribution < -0.4 is 9.47 Å². The van der Waals surface area contributed by atoms with Crippen LogP contribution in [0.15, 0.2) is 28.8 Å². The predicted molar refractivity (Wildman–Crippen MR) is 78.6 cm³/mol. The molecule has 2 aromatic rings. The number of carbonyl (C=O) groups excluding carboxylic acids is 1. The molecule has 6 heteroatoms. The number of benzene rings is 1. The van der Waals surface area contributed by atoms with E-state index in [-0.39, 0.29) is 12.7 Å². The van der Waals surface area contributed by atoms with E-state index in [2.05, 4.69) is 5.16 Å². The van der Waals surface area contributed by atoms with E-state index < -0.39 is 0 Å². The lowest BCUT2D eigenvalue weighted by molar-refractivity contribution is -0.130. The zero-order valence-corrected chi connectivity index (χ0v) is 12.7. The van der Waals surface area contributed by atoms with Crippen LogP contribution in [0, 0.1) is 6.92 Å². The first-order valence-corrected chi connectivity index (χ1v) is 7.16. The Morgan fingerprint density at radius 2 is 2.09 bits per heavy atom. The van der Waals surface area contributed by atoms with Crippen LogP contribution in [-0.2, 0) is 17.8 Å². The van der Waals surface area contributed by atoms with Gasteiger partial charge in [0.05, 0.1) is 6.54 Å². The monoisotopic (exact) mass is 302 g/mol. The third kappa shape index (κ3) is 3.21. The minimum absolute atomic E-state index is 0.0679. The summed E-state index contributed by atoms with van der Waals surface area (Å²) in [6.45, 7) is 2.55. The van der Waals surface area contributed by atoms with Gasteiger partial charge in [-0.1, -0.05) is 11.2 Å². The number of hydrogen-bond donors (Lipinski definition) is 0. The van der Waals surface area contributed by atoms with Gasteiger partial charge in [-0.3, -0.25) is 4.79 Å². The predicted octanol–water partition coefficient (Wildman–Crippen LogP) is 2.30. The molecule has 2 heterocycles. The maximum Gasteiger partial charge on any atom is 0.231 e. The Morgan fingerprint density at radius 3 is 2.86 bits per heavy atom. The molecule has 0 N–H and O–H groups in total. The fourth-order valence-corrected chi connectivity index (χ4v) is 2.36. The van der Waals surface area contributed by atoms with Gasteiger partial charge in [0.25, 0.3) is 0 Å². The highest BCUT2D eigenvalue weighted by atomic mass is 16.7. The Kier molecular flexibility index (Phi) is 4.00. The number of aromatic nitrogens is 1. The van der Waals surface area contributed by atoms with Gasteiger partial charge in [-0.15, -0.1) is 0 Å². The lowest BCUT2D eigenvalue weighted by atomic mass is 10.1. The molecule has 22 heavy (non-hydrogen) atoms. The van der Waals surface area contributed by atoms with Crippen LogP contribution in [-0.4, -0.2) is 29.8 Å². The van der Waals surface area contributed by atoms with Crippen molar-refractivity contribution in [2.75, 3.05) is 13.8 Å².